The molecule has 0 radical (unpaired) electrons. The predicted octanol–water partition coefficient (Wildman–Crippen LogP) is 8.39. The van der Waals surface area contributed by atoms with E-state index in [0.29, 0.717) is 10.7 Å². The molecule has 1 heterocycles. The van der Waals surface area contributed by atoms with Crippen molar-refractivity contribution >= 4 is 32.8 Å². The van der Waals surface area contributed by atoms with Crippen molar-refractivity contribution in [1.82, 2.24) is 4.98 Å². The fourth-order valence-corrected chi connectivity index (χ4v) is 4.97. The molecule has 0 atom stereocenters. The zero-order valence-electron chi connectivity index (χ0n) is 19.3. The van der Waals surface area contributed by atoms with E-state index >= 15 is 0 Å². The van der Waals surface area contributed by atoms with Crippen LogP contribution in [0.1, 0.15) is 27.7 Å². The number of rotatable bonds is 4. The molecule has 0 fully saturated rings. The van der Waals surface area contributed by atoms with E-state index in [1.807, 2.05) is 45.9 Å². The van der Waals surface area contributed by atoms with Gasteiger partial charge in [-0.15, -0.1) is 11.3 Å². The van der Waals surface area contributed by atoms with E-state index in [0.717, 1.165) is 26.6 Å². The van der Waals surface area contributed by atoms with Crippen molar-refractivity contribution in [2.24, 2.45) is 0 Å². The zero-order valence-corrected chi connectivity index (χ0v) is 21.7. The van der Waals surface area contributed by atoms with Crippen LogP contribution in [0.3, 0.4) is 0 Å². The van der Waals surface area contributed by atoms with Crippen molar-refractivity contribution in [3.8, 4) is 32.3 Å². The van der Waals surface area contributed by atoms with Crippen LogP contribution in [0.4, 0.5) is 4.39 Å². The van der Waals surface area contributed by atoms with Gasteiger partial charge in [0.1, 0.15) is 10.8 Å². The first-order chi connectivity index (χ1) is 15.8. The lowest BCUT2D eigenvalue weighted by Crippen LogP contribution is -1.96. The van der Waals surface area contributed by atoms with Crippen LogP contribution in [-0.4, -0.2) is 19.7 Å². The maximum Gasteiger partial charge on any atom is 0.175 e. The van der Waals surface area contributed by atoms with E-state index in [1.54, 1.807) is 42.5 Å². The highest BCUT2D eigenvalue weighted by atomic mass is 35.5. The van der Waals surface area contributed by atoms with Gasteiger partial charge in [0.15, 0.2) is 9.84 Å². The molecule has 3 nitrogen and oxygen atoms in total. The Kier molecular flexibility index (Phi) is 9.77. The first-order valence-electron chi connectivity index (χ1n) is 10.6. The Balaban J connectivity index is 0.000000914. The third-order valence-corrected chi connectivity index (χ3v) is 6.99. The van der Waals surface area contributed by atoms with E-state index in [2.05, 4.69) is 0 Å². The number of benzene rings is 3. The Morgan fingerprint density at radius 3 is 1.91 bits per heavy atom. The minimum absolute atomic E-state index is 0.250. The number of aromatic nitrogens is 1. The number of sulfone groups is 1. The standard InChI is InChI=1S/C22H15ClFNO2S2.2C2H6/c1-29(26,27)17-12-8-15(9-13-17)21-20(14-6-10-16(24)11-7-14)25-22(28-21)18-4-2-3-5-19(18)23;2*1-2/h2-13H,1H3;2*1-2H3. The smallest absolute Gasteiger partial charge is 0.175 e. The van der Waals surface area contributed by atoms with Gasteiger partial charge >= 0.3 is 0 Å². The Morgan fingerprint density at radius 2 is 1.36 bits per heavy atom. The second-order valence-electron chi connectivity index (χ2n) is 6.48. The molecule has 0 saturated heterocycles. The molecule has 1 aromatic heterocycles. The van der Waals surface area contributed by atoms with Crippen LogP contribution in [0.5, 0.6) is 0 Å². The van der Waals surface area contributed by atoms with Gasteiger partial charge in [-0.2, -0.15) is 0 Å². The molecular formula is C26H27ClFNO2S2. The molecule has 174 valence electrons. The van der Waals surface area contributed by atoms with Gasteiger partial charge in [0, 0.05) is 17.4 Å². The van der Waals surface area contributed by atoms with Crippen molar-refractivity contribution in [1.29, 1.82) is 0 Å². The number of halogens is 2. The van der Waals surface area contributed by atoms with Gasteiger partial charge in [-0.25, -0.2) is 17.8 Å². The topological polar surface area (TPSA) is 47.0 Å². The lowest BCUT2D eigenvalue weighted by Gasteiger charge is -2.04. The van der Waals surface area contributed by atoms with Gasteiger partial charge in [0.25, 0.3) is 0 Å². The van der Waals surface area contributed by atoms with E-state index in [1.165, 1.54) is 29.7 Å². The number of hydrogen-bond donors (Lipinski definition) is 0. The van der Waals surface area contributed by atoms with Crippen molar-refractivity contribution in [3.05, 3.63) is 83.6 Å². The summed E-state index contributed by atoms with van der Waals surface area (Å²) in [4.78, 5) is 5.89. The quantitative estimate of drug-likeness (QED) is 0.281. The molecule has 0 bridgehead atoms. The lowest BCUT2D eigenvalue weighted by atomic mass is 10.1. The molecule has 0 aliphatic carbocycles. The zero-order chi connectivity index (χ0) is 24.6. The van der Waals surface area contributed by atoms with E-state index < -0.39 is 9.84 Å². The molecule has 0 spiro atoms. The summed E-state index contributed by atoms with van der Waals surface area (Å²) in [6.07, 6.45) is 1.17. The third-order valence-electron chi connectivity index (χ3n) is 4.39. The second-order valence-corrected chi connectivity index (χ2v) is 9.90. The van der Waals surface area contributed by atoms with Crippen LogP contribution in [-0.2, 0) is 9.84 Å². The monoisotopic (exact) mass is 503 g/mol. The molecule has 4 aromatic rings. The second kappa shape index (κ2) is 12.1. The number of hydrogen-bond acceptors (Lipinski definition) is 4. The fourth-order valence-electron chi connectivity index (χ4n) is 2.92. The Labute approximate surface area is 204 Å². The van der Waals surface area contributed by atoms with Gasteiger partial charge in [-0.3, -0.25) is 0 Å². The molecule has 3 aromatic carbocycles. The third kappa shape index (κ3) is 6.50. The maximum absolute atomic E-state index is 13.4. The summed E-state index contributed by atoms with van der Waals surface area (Å²) in [6, 6.07) is 20.2. The first-order valence-corrected chi connectivity index (χ1v) is 13.7. The summed E-state index contributed by atoms with van der Waals surface area (Å²) in [5.41, 5.74) is 3.09. The highest BCUT2D eigenvalue weighted by molar-refractivity contribution is 7.90. The van der Waals surface area contributed by atoms with Crippen molar-refractivity contribution in [2.75, 3.05) is 6.26 Å². The molecular weight excluding hydrogens is 477 g/mol. The van der Waals surface area contributed by atoms with Gasteiger partial charge in [-0.05, 0) is 48.0 Å². The first kappa shape index (κ1) is 26.7. The Morgan fingerprint density at radius 1 is 0.818 bits per heavy atom. The van der Waals surface area contributed by atoms with Crippen LogP contribution >= 0.6 is 22.9 Å². The van der Waals surface area contributed by atoms with Crippen molar-refractivity contribution in [2.45, 2.75) is 32.6 Å². The minimum atomic E-state index is -3.28. The summed E-state index contributed by atoms with van der Waals surface area (Å²) < 4.78 is 36.9. The highest BCUT2D eigenvalue weighted by Gasteiger charge is 2.18. The molecule has 0 saturated carbocycles. The summed E-state index contributed by atoms with van der Waals surface area (Å²) >= 11 is 7.81. The number of nitrogens with zero attached hydrogens (tertiary/aromatic N) is 1. The van der Waals surface area contributed by atoms with Crippen LogP contribution in [0, 0.1) is 5.82 Å². The predicted molar refractivity (Wildman–Crippen MR) is 139 cm³/mol. The Hall–Kier alpha value is -2.54. The van der Waals surface area contributed by atoms with E-state index in [-0.39, 0.29) is 10.7 Å². The van der Waals surface area contributed by atoms with Crippen LogP contribution in [0.15, 0.2) is 77.7 Å². The maximum atomic E-state index is 13.4. The summed E-state index contributed by atoms with van der Waals surface area (Å²) in [6.45, 7) is 8.00. The molecule has 0 aliphatic rings. The van der Waals surface area contributed by atoms with E-state index in [4.69, 9.17) is 16.6 Å². The SMILES string of the molecule is CC.CC.CS(=O)(=O)c1ccc(-c2sc(-c3ccccc3Cl)nc2-c2ccc(F)cc2)cc1. The van der Waals surface area contributed by atoms with Crippen LogP contribution < -0.4 is 0 Å². The molecule has 7 heteroatoms. The average molecular weight is 504 g/mol. The van der Waals surface area contributed by atoms with Crippen LogP contribution in [0.2, 0.25) is 5.02 Å². The summed E-state index contributed by atoms with van der Waals surface area (Å²) in [7, 11) is -3.28. The Bertz CT molecular complexity index is 1280. The normalized spacial score (nSPS) is 10.5. The van der Waals surface area contributed by atoms with E-state index in [9.17, 15) is 12.8 Å². The lowest BCUT2D eigenvalue weighted by molar-refractivity contribution is 0.602. The largest absolute Gasteiger partial charge is 0.235 e. The summed E-state index contributed by atoms with van der Waals surface area (Å²) in [5.74, 6) is -0.325. The molecule has 0 aliphatic heterocycles. The van der Waals surface area contributed by atoms with Gasteiger partial charge < -0.3 is 0 Å². The molecule has 0 unspecified atom stereocenters. The van der Waals surface area contributed by atoms with Crippen molar-refractivity contribution in [3.63, 3.8) is 0 Å². The fraction of sp³-hybridized carbons (Fsp3) is 0.192. The summed E-state index contributed by atoms with van der Waals surface area (Å²) in [5, 5.41) is 1.32. The van der Waals surface area contributed by atoms with Gasteiger partial charge in [0.2, 0.25) is 0 Å². The molecule has 0 N–H and O–H groups in total. The van der Waals surface area contributed by atoms with Gasteiger partial charge in [-0.1, -0.05) is 69.6 Å². The average Bonchev–Trinajstić information content (AvgIpc) is 3.27. The molecule has 33 heavy (non-hydrogen) atoms. The molecule has 0 amide bonds. The van der Waals surface area contributed by atoms with Gasteiger partial charge in [0.05, 0.1) is 20.5 Å². The van der Waals surface area contributed by atoms with Crippen LogP contribution in [0.25, 0.3) is 32.3 Å². The number of thiazole rings is 1. The highest BCUT2D eigenvalue weighted by Crippen LogP contribution is 2.42. The minimum Gasteiger partial charge on any atom is -0.235 e. The van der Waals surface area contributed by atoms with Crippen molar-refractivity contribution < 1.29 is 12.8 Å². The molecule has 4 rings (SSSR count).